The third kappa shape index (κ3) is 29.6. The Balaban J connectivity index is 0.00000772. The molecular weight excluding hydrogens is 1050 g/mol. The van der Waals surface area contributed by atoms with Crippen LogP contribution in [0.1, 0.15) is 84.8 Å². The molecule has 0 aliphatic heterocycles. The molecule has 0 radical (unpaired) electrons. The van der Waals surface area contributed by atoms with Crippen LogP contribution in [0.4, 0.5) is 0 Å². The van der Waals surface area contributed by atoms with Crippen LogP contribution in [0, 0.1) is 11.8 Å². The lowest BCUT2D eigenvalue weighted by Crippen LogP contribution is -2.59. The highest BCUT2D eigenvalue weighted by atomic mass is 16.4. The van der Waals surface area contributed by atoms with Crippen molar-refractivity contribution in [3.63, 3.8) is 0 Å². The average molecular weight is 1130 g/mol. The first-order chi connectivity index (χ1) is 37.5. The number of nitrogens with one attached hydrogen (secondary N) is 9. The Morgan fingerprint density at radius 3 is 1.46 bits per heavy atom. The number of rotatable bonds is 33. The van der Waals surface area contributed by atoms with Gasteiger partial charge in [-0.15, -0.1) is 0 Å². The summed E-state index contributed by atoms with van der Waals surface area (Å²) < 4.78 is 0. The number of carbonyl (C=O) groups excluding carboxylic acids is 10. The van der Waals surface area contributed by atoms with E-state index in [4.69, 9.17) is 32.8 Å². The summed E-state index contributed by atoms with van der Waals surface area (Å²) in [6.45, 7) is 7.74. The molecule has 0 saturated heterocycles. The molecule has 2 rings (SSSR count). The molecule has 29 nitrogen and oxygen atoms in total. The first-order valence-corrected chi connectivity index (χ1v) is 25.4. The topological polar surface area (TPSA) is 490 Å². The van der Waals surface area contributed by atoms with Gasteiger partial charge in [0.25, 0.3) is 5.97 Å². The number of hydrogen-bond acceptors (Lipinski definition) is 15. The van der Waals surface area contributed by atoms with Crippen LogP contribution in [0.2, 0.25) is 0 Å². The Morgan fingerprint density at radius 2 is 0.963 bits per heavy atom. The minimum atomic E-state index is -1.58. The van der Waals surface area contributed by atoms with E-state index < -0.39 is 139 Å². The molecule has 0 aliphatic carbocycles. The number of benzene rings is 2. The van der Waals surface area contributed by atoms with E-state index in [1.807, 2.05) is 13.8 Å². The summed E-state index contributed by atoms with van der Waals surface area (Å²) in [4.78, 5) is 156. The molecule has 2 aromatic carbocycles. The van der Waals surface area contributed by atoms with E-state index in [2.05, 4.69) is 52.8 Å². The fourth-order valence-electron chi connectivity index (χ4n) is 7.26. The van der Waals surface area contributed by atoms with Gasteiger partial charge in [0.1, 0.15) is 48.0 Å². The van der Waals surface area contributed by atoms with Gasteiger partial charge in [-0.2, -0.15) is 0 Å². The molecule has 0 bridgehead atoms. The molecule has 0 saturated carbocycles. The molecule has 0 heterocycles. The molecule has 2 aromatic rings. The molecule has 0 fully saturated rings. The van der Waals surface area contributed by atoms with Gasteiger partial charge in [-0.05, 0) is 67.7 Å². The standard InChI is InChI=1S/C49H74N14O13.C2H4O2/c1-26(2)18-33(42(51)70)59-40(67)25-55-44(72)35(20-29-10-7-6-8-11-29)61-43(71)28(5)57-47(75)36(21-30-13-15-31(64)16-14-30)63-48(76)34(19-27(3)4)62-46(74)32(12-9-17-54-49(52)53)58-39(66)24-56-45(73)37(22-41(68)69)60-38(65)23-50;1-2(3)4/h6-8,10-11,13-16,26-28,32-37,64H,9,12,17-25,50H2,1-5H3,(H2,51,70)(H,55,72)(H,56,73)(H,57,75)(H,58,66)(H,59,67)(H,60,65)(H,61,71)(H,62,74)(H,63,76)(H,68,69)(H4,52,53,54);1H3,(H,3,4). The van der Waals surface area contributed by atoms with Crippen LogP contribution < -0.4 is 70.8 Å². The first-order valence-electron chi connectivity index (χ1n) is 25.4. The number of hydrogen-bond donors (Lipinski definition) is 16. The highest BCUT2D eigenvalue weighted by Crippen LogP contribution is 2.14. The summed E-state index contributed by atoms with van der Waals surface area (Å²) in [6.07, 6.45) is -0.767. The second-order valence-electron chi connectivity index (χ2n) is 19.2. The minimum absolute atomic E-state index is 0.00430. The highest BCUT2D eigenvalue weighted by molar-refractivity contribution is 5.98. The van der Waals surface area contributed by atoms with Crippen molar-refractivity contribution in [1.82, 2.24) is 47.9 Å². The smallest absolute Gasteiger partial charge is 0.305 e. The maximum absolute atomic E-state index is 14.3. The highest BCUT2D eigenvalue weighted by Gasteiger charge is 2.33. The van der Waals surface area contributed by atoms with E-state index in [1.54, 1.807) is 44.2 Å². The van der Waals surface area contributed by atoms with Crippen LogP contribution >= 0.6 is 0 Å². The fourth-order valence-corrected chi connectivity index (χ4v) is 7.26. The molecule has 7 atom stereocenters. The summed E-state index contributed by atoms with van der Waals surface area (Å²) in [5, 5.41) is 48.8. The molecule has 10 amide bonds. The van der Waals surface area contributed by atoms with Gasteiger partial charge < -0.3 is 86.1 Å². The lowest BCUT2D eigenvalue weighted by atomic mass is 10.00. The monoisotopic (exact) mass is 1130 g/mol. The number of phenols is 1. The largest absolute Gasteiger partial charge is 0.508 e. The van der Waals surface area contributed by atoms with E-state index in [9.17, 15) is 63.0 Å². The average Bonchev–Trinajstić information content (AvgIpc) is 3.37. The van der Waals surface area contributed by atoms with Crippen molar-refractivity contribution < 1.29 is 72.9 Å². The second-order valence-corrected chi connectivity index (χ2v) is 19.2. The normalized spacial score (nSPS) is 13.3. The molecular formula is C51H78N14O15. The molecule has 0 spiro atoms. The number of carboxylic acid groups (broad SMARTS) is 2. The van der Waals surface area contributed by atoms with Gasteiger partial charge in [-0.3, -0.25) is 62.5 Å². The van der Waals surface area contributed by atoms with Crippen LogP contribution in [0.15, 0.2) is 59.6 Å². The summed E-state index contributed by atoms with van der Waals surface area (Å²) in [6, 6.07) is 4.98. The molecule has 20 N–H and O–H groups in total. The molecule has 442 valence electrons. The number of phenolic OH excluding ortho intramolecular Hbond substituents is 1. The zero-order valence-corrected chi connectivity index (χ0v) is 45.7. The van der Waals surface area contributed by atoms with Crippen LogP contribution in [-0.4, -0.2) is 161 Å². The number of nitrogens with zero attached hydrogens (tertiary/aromatic N) is 1. The number of nitrogens with two attached hydrogens (primary N) is 4. The van der Waals surface area contributed by atoms with E-state index in [-0.39, 0.29) is 68.6 Å². The number of aliphatic imine (C=N–C) groups is 1. The predicted octanol–water partition coefficient (Wildman–Crippen LogP) is -4.02. The van der Waals surface area contributed by atoms with Gasteiger partial charge in [-0.1, -0.05) is 70.2 Å². The van der Waals surface area contributed by atoms with Gasteiger partial charge in [-0.25, -0.2) is 0 Å². The Labute approximate surface area is 462 Å². The van der Waals surface area contributed by atoms with Gasteiger partial charge >= 0.3 is 5.97 Å². The summed E-state index contributed by atoms with van der Waals surface area (Å²) >= 11 is 0. The van der Waals surface area contributed by atoms with Crippen molar-refractivity contribution in [2.24, 2.45) is 39.8 Å². The lowest BCUT2D eigenvalue weighted by molar-refractivity contribution is -0.140. The van der Waals surface area contributed by atoms with Crippen LogP contribution in [0.25, 0.3) is 0 Å². The minimum Gasteiger partial charge on any atom is -0.508 e. The SMILES string of the molecule is CC(=O)O.CC(C)CC(NC(=O)CNC(=O)C(Cc1ccccc1)NC(=O)C(C)NC(=O)C(Cc1ccc(O)cc1)NC(=O)C(CC(C)C)NC(=O)C(CCCN=C(N)N)NC(=O)CNC(=O)C(CC(=O)O)NC(=O)CN)C(N)=O. The van der Waals surface area contributed by atoms with Gasteiger partial charge in [0.2, 0.25) is 59.1 Å². The van der Waals surface area contributed by atoms with Crippen molar-refractivity contribution >= 4 is 77.0 Å². The van der Waals surface area contributed by atoms with E-state index in [1.165, 1.54) is 31.2 Å². The molecule has 0 aromatic heterocycles. The van der Waals surface area contributed by atoms with Crippen LogP contribution in [0.5, 0.6) is 5.75 Å². The number of carbonyl (C=O) groups is 12. The number of aliphatic carboxylic acids is 2. The zero-order valence-electron chi connectivity index (χ0n) is 45.7. The van der Waals surface area contributed by atoms with Crippen molar-refractivity contribution in [3.05, 3.63) is 65.7 Å². The Kier molecular flexibility index (Phi) is 31.3. The number of primary amides is 1. The maximum atomic E-state index is 14.3. The summed E-state index contributed by atoms with van der Waals surface area (Å²) in [5.41, 5.74) is 22.7. The number of guanidine groups is 1. The van der Waals surface area contributed by atoms with Crippen molar-refractivity contribution in [1.29, 1.82) is 0 Å². The quantitative estimate of drug-likeness (QED) is 0.0184. The van der Waals surface area contributed by atoms with Crippen LogP contribution in [-0.2, 0) is 70.4 Å². The van der Waals surface area contributed by atoms with Crippen molar-refractivity contribution in [2.45, 2.75) is 129 Å². The Morgan fingerprint density at radius 1 is 0.525 bits per heavy atom. The Hall–Kier alpha value is -8.89. The third-order valence-corrected chi connectivity index (χ3v) is 11.1. The lowest BCUT2D eigenvalue weighted by Gasteiger charge is -2.27. The molecule has 0 aliphatic rings. The van der Waals surface area contributed by atoms with Crippen molar-refractivity contribution in [2.75, 3.05) is 26.2 Å². The molecule has 80 heavy (non-hydrogen) atoms. The first kappa shape index (κ1) is 69.1. The van der Waals surface area contributed by atoms with E-state index >= 15 is 0 Å². The van der Waals surface area contributed by atoms with E-state index in [0.717, 1.165) is 6.92 Å². The van der Waals surface area contributed by atoms with Gasteiger partial charge in [0.05, 0.1) is 26.1 Å². The zero-order chi connectivity index (χ0) is 60.6. The number of aromatic hydroxyl groups is 1. The van der Waals surface area contributed by atoms with Crippen molar-refractivity contribution in [3.8, 4) is 5.75 Å². The predicted molar refractivity (Wildman–Crippen MR) is 290 cm³/mol. The number of amides is 10. The van der Waals surface area contributed by atoms with E-state index in [0.29, 0.717) is 11.1 Å². The van der Waals surface area contributed by atoms with Crippen LogP contribution in [0.3, 0.4) is 0 Å². The summed E-state index contributed by atoms with van der Waals surface area (Å²) in [5.74, 6) is -11.3. The van der Waals surface area contributed by atoms with Gasteiger partial charge in [0, 0.05) is 26.3 Å². The third-order valence-electron chi connectivity index (χ3n) is 11.1. The van der Waals surface area contributed by atoms with Gasteiger partial charge in [0.15, 0.2) is 5.96 Å². The maximum Gasteiger partial charge on any atom is 0.305 e. The number of carboxylic acids is 2. The fraction of sp³-hybridized carbons (Fsp3) is 0.510. The summed E-state index contributed by atoms with van der Waals surface area (Å²) in [7, 11) is 0. The molecule has 29 heteroatoms. The Bertz CT molecular complexity index is 2450. The molecule has 7 unspecified atom stereocenters. The second kappa shape index (κ2) is 36.3.